The van der Waals surface area contributed by atoms with Gasteiger partial charge in [0.1, 0.15) is 0 Å². The first kappa shape index (κ1) is 28.9. The van der Waals surface area contributed by atoms with Crippen LogP contribution >= 0.6 is 24.0 Å². The molecule has 0 aromatic rings. The maximum absolute atomic E-state index is 5.59. The number of piperazine rings is 1. The van der Waals surface area contributed by atoms with Crippen LogP contribution in [0.5, 0.6) is 0 Å². The zero-order valence-corrected chi connectivity index (χ0v) is 23.1. The summed E-state index contributed by atoms with van der Waals surface area (Å²) in [6, 6.07) is 0.538. The Hall–Kier alpha value is -0.160. The van der Waals surface area contributed by atoms with E-state index in [1.54, 1.807) is 0 Å². The Balaban J connectivity index is 0.00000480. The normalized spacial score (nSPS) is 21.5. The Morgan fingerprint density at radius 2 is 1.61 bits per heavy atom. The van der Waals surface area contributed by atoms with Crippen LogP contribution in [0.1, 0.15) is 40.5 Å². The molecular formula is C23H49IN6O. The van der Waals surface area contributed by atoms with Crippen LogP contribution in [0.3, 0.4) is 0 Å². The molecule has 31 heavy (non-hydrogen) atoms. The number of likely N-dealkylation sites (N-methyl/N-ethyl adjacent to an activating group) is 1. The number of halogens is 1. The Bertz CT molecular complexity index is 477. The first-order chi connectivity index (χ1) is 14.6. The molecule has 0 spiro atoms. The third-order valence-corrected chi connectivity index (χ3v) is 6.66. The maximum atomic E-state index is 5.59. The van der Waals surface area contributed by atoms with E-state index in [1.807, 2.05) is 0 Å². The van der Waals surface area contributed by atoms with Crippen molar-refractivity contribution in [3.05, 3.63) is 0 Å². The second kappa shape index (κ2) is 16.5. The van der Waals surface area contributed by atoms with Gasteiger partial charge in [-0.25, -0.2) is 0 Å². The Morgan fingerprint density at radius 3 is 2.19 bits per heavy atom. The molecule has 2 N–H and O–H groups in total. The SMILES string of the molecule is CCNC(=NCC(C)CN1CCN(C)CC1)NCC(C(CC)CC)N1CCOCC1.I. The fourth-order valence-electron chi connectivity index (χ4n) is 4.65. The van der Waals surface area contributed by atoms with E-state index in [-0.39, 0.29) is 24.0 Å². The summed E-state index contributed by atoms with van der Waals surface area (Å²) in [5, 5.41) is 7.12. The number of ether oxygens (including phenoxy) is 1. The molecule has 2 rings (SSSR count). The molecule has 8 heteroatoms. The molecular weight excluding hydrogens is 503 g/mol. The monoisotopic (exact) mass is 552 g/mol. The second-order valence-electron chi connectivity index (χ2n) is 9.10. The van der Waals surface area contributed by atoms with Crippen molar-refractivity contribution in [3.63, 3.8) is 0 Å². The zero-order chi connectivity index (χ0) is 21.8. The van der Waals surface area contributed by atoms with Gasteiger partial charge in [0.15, 0.2) is 5.96 Å². The van der Waals surface area contributed by atoms with Crippen LogP contribution in [0.15, 0.2) is 4.99 Å². The Labute approximate surface area is 208 Å². The number of nitrogens with zero attached hydrogens (tertiary/aromatic N) is 4. The minimum absolute atomic E-state index is 0. The van der Waals surface area contributed by atoms with E-state index < -0.39 is 0 Å². The first-order valence-electron chi connectivity index (χ1n) is 12.3. The highest BCUT2D eigenvalue weighted by molar-refractivity contribution is 14.0. The van der Waals surface area contributed by atoms with Crippen LogP contribution < -0.4 is 10.6 Å². The van der Waals surface area contributed by atoms with Gasteiger partial charge in [-0.05, 0) is 25.8 Å². The predicted molar refractivity (Wildman–Crippen MR) is 143 cm³/mol. The number of rotatable bonds is 11. The molecule has 2 heterocycles. The van der Waals surface area contributed by atoms with Gasteiger partial charge in [-0.1, -0.05) is 33.6 Å². The second-order valence-corrected chi connectivity index (χ2v) is 9.10. The molecule has 0 radical (unpaired) electrons. The minimum Gasteiger partial charge on any atom is -0.379 e. The fraction of sp³-hybridized carbons (Fsp3) is 0.957. The predicted octanol–water partition coefficient (Wildman–Crippen LogP) is 2.18. The zero-order valence-electron chi connectivity index (χ0n) is 20.7. The van der Waals surface area contributed by atoms with E-state index >= 15 is 0 Å². The minimum atomic E-state index is 0. The molecule has 2 aliphatic heterocycles. The molecule has 0 bridgehead atoms. The number of morpholine rings is 1. The maximum Gasteiger partial charge on any atom is 0.191 e. The molecule has 2 atom stereocenters. The Kier molecular flexibility index (Phi) is 15.3. The number of hydrogen-bond donors (Lipinski definition) is 2. The molecule has 0 saturated carbocycles. The van der Waals surface area contributed by atoms with Gasteiger partial charge in [-0.3, -0.25) is 9.89 Å². The van der Waals surface area contributed by atoms with E-state index in [2.05, 4.69) is 60.1 Å². The van der Waals surface area contributed by atoms with Crippen molar-refractivity contribution in [1.29, 1.82) is 0 Å². The van der Waals surface area contributed by atoms with E-state index in [9.17, 15) is 0 Å². The van der Waals surface area contributed by atoms with Gasteiger partial charge >= 0.3 is 0 Å². The molecule has 0 aliphatic carbocycles. The third-order valence-electron chi connectivity index (χ3n) is 6.66. The largest absolute Gasteiger partial charge is 0.379 e. The highest BCUT2D eigenvalue weighted by Gasteiger charge is 2.27. The standard InChI is InChI=1S/C23H48N6O.HI/c1-6-21(7-2)22(29-13-15-30-16-14-29)18-26-23(24-8-3)25-17-20(4)19-28-11-9-27(5)10-12-28;/h20-22H,6-19H2,1-5H3,(H2,24,25,26);1H. The summed E-state index contributed by atoms with van der Waals surface area (Å²) in [4.78, 5) is 12.6. The van der Waals surface area contributed by atoms with Crippen LogP contribution in [0.4, 0.5) is 0 Å². The Morgan fingerprint density at radius 1 is 0.968 bits per heavy atom. The van der Waals surface area contributed by atoms with Crippen molar-refractivity contribution in [3.8, 4) is 0 Å². The van der Waals surface area contributed by atoms with Crippen molar-refractivity contribution in [2.45, 2.75) is 46.6 Å². The summed E-state index contributed by atoms with van der Waals surface area (Å²) in [5.74, 6) is 2.24. The number of nitrogens with one attached hydrogen (secondary N) is 2. The highest BCUT2D eigenvalue weighted by Crippen LogP contribution is 2.19. The van der Waals surface area contributed by atoms with Crippen LogP contribution in [0.2, 0.25) is 0 Å². The fourth-order valence-corrected chi connectivity index (χ4v) is 4.65. The summed E-state index contributed by atoms with van der Waals surface area (Å²) in [5.41, 5.74) is 0. The van der Waals surface area contributed by atoms with E-state index in [0.717, 1.165) is 58.4 Å². The van der Waals surface area contributed by atoms with Crippen molar-refractivity contribution in [2.75, 3.05) is 85.7 Å². The van der Waals surface area contributed by atoms with Crippen LogP contribution in [-0.4, -0.2) is 112 Å². The molecule has 2 unspecified atom stereocenters. The molecule has 0 aromatic heterocycles. The van der Waals surface area contributed by atoms with Gasteiger partial charge < -0.3 is 25.2 Å². The van der Waals surface area contributed by atoms with Gasteiger partial charge in [-0.15, -0.1) is 24.0 Å². The molecule has 0 amide bonds. The van der Waals surface area contributed by atoms with E-state index in [1.165, 1.54) is 39.0 Å². The smallest absolute Gasteiger partial charge is 0.191 e. The van der Waals surface area contributed by atoms with Crippen molar-refractivity contribution >= 4 is 29.9 Å². The topological polar surface area (TPSA) is 55.4 Å². The molecule has 0 aromatic carbocycles. The lowest BCUT2D eigenvalue weighted by molar-refractivity contribution is 0.00272. The van der Waals surface area contributed by atoms with Gasteiger partial charge in [0.2, 0.25) is 0 Å². The van der Waals surface area contributed by atoms with Gasteiger partial charge in [-0.2, -0.15) is 0 Å². The number of aliphatic imine (C=N–C) groups is 1. The lowest BCUT2D eigenvalue weighted by atomic mass is 9.92. The van der Waals surface area contributed by atoms with Gasteiger partial charge in [0.25, 0.3) is 0 Å². The quantitative estimate of drug-likeness (QED) is 0.233. The van der Waals surface area contributed by atoms with Crippen LogP contribution in [0, 0.1) is 11.8 Å². The van der Waals surface area contributed by atoms with Gasteiger partial charge in [0.05, 0.1) is 13.2 Å². The van der Waals surface area contributed by atoms with Crippen molar-refractivity contribution in [2.24, 2.45) is 16.8 Å². The molecule has 2 saturated heterocycles. The third kappa shape index (κ3) is 10.5. The summed E-state index contributed by atoms with van der Waals surface area (Å²) >= 11 is 0. The lowest BCUT2D eigenvalue weighted by Crippen LogP contribution is -2.53. The van der Waals surface area contributed by atoms with Crippen LogP contribution in [0.25, 0.3) is 0 Å². The molecule has 184 valence electrons. The summed E-state index contributed by atoms with van der Waals surface area (Å²) in [6.07, 6.45) is 2.44. The molecule has 7 nitrogen and oxygen atoms in total. The van der Waals surface area contributed by atoms with E-state index in [4.69, 9.17) is 9.73 Å². The molecule has 2 fully saturated rings. The first-order valence-corrected chi connectivity index (χ1v) is 12.3. The lowest BCUT2D eigenvalue weighted by Gasteiger charge is -2.39. The average molecular weight is 553 g/mol. The summed E-state index contributed by atoms with van der Waals surface area (Å²) in [7, 11) is 2.21. The summed E-state index contributed by atoms with van der Waals surface area (Å²) in [6.45, 7) is 21.5. The van der Waals surface area contributed by atoms with Crippen LogP contribution in [-0.2, 0) is 4.74 Å². The van der Waals surface area contributed by atoms with Crippen molar-refractivity contribution < 1.29 is 4.74 Å². The molecule has 2 aliphatic rings. The number of hydrogen-bond acceptors (Lipinski definition) is 5. The summed E-state index contributed by atoms with van der Waals surface area (Å²) < 4.78 is 5.59. The highest BCUT2D eigenvalue weighted by atomic mass is 127. The van der Waals surface area contributed by atoms with Gasteiger partial charge in [0, 0.05) is 71.5 Å². The average Bonchev–Trinajstić information content (AvgIpc) is 2.77. The number of guanidine groups is 1. The van der Waals surface area contributed by atoms with Crippen molar-refractivity contribution in [1.82, 2.24) is 25.3 Å². The van der Waals surface area contributed by atoms with E-state index in [0.29, 0.717) is 17.9 Å².